The van der Waals surface area contributed by atoms with Crippen molar-refractivity contribution in [3.8, 4) is 0 Å². The van der Waals surface area contributed by atoms with Gasteiger partial charge in [-0.15, -0.1) is 0 Å². The van der Waals surface area contributed by atoms with Crippen LogP contribution in [0.2, 0.25) is 5.02 Å². The van der Waals surface area contributed by atoms with E-state index < -0.39 is 20.0 Å². The van der Waals surface area contributed by atoms with E-state index in [0.717, 1.165) is 5.56 Å². The Morgan fingerprint density at radius 1 is 0.868 bits per heavy atom. The van der Waals surface area contributed by atoms with Gasteiger partial charge in [0.25, 0.3) is 10.0 Å². The molecule has 1 fully saturated rings. The number of anilines is 3. The van der Waals surface area contributed by atoms with Crippen molar-refractivity contribution < 1.29 is 21.6 Å². The number of sulfonamides is 2. The van der Waals surface area contributed by atoms with Gasteiger partial charge in [0.05, 0.1) is 34.2 Å². The Morgan fingerprint density at radius 2 is 1.50 bits per heavy atom. The Kier molecular flexibility index (Phi) is 7.25. The minimum Gasteiger partial charge on any atom is -0.379 e. The standard InChI is InChI=1S/C25H24ClN5O5S2/c1-17-6-9-19(10-7-17)37(32,33)30-25-24(28-21-4-2-3-5-22(21)29-25)27-18-8-11-20(26)23(16-18)38(34,35)31-12-14-36-15-13-31/h2-11,16H,12-15H2,1H3,(H,27,28)(H,29,30). The lowest BCUT2D eigenvalue weighted by Crippen LogP contribution is -2.40. The lowest BCUT2D eigenvalue weighted by Gasteiger charge is -2.26. The third-order valence-electron chi connectivity index (χ3n) is 5.91. The highest BCUT2D eigenvalue weighted by molar-refractivity contribution is 7.92. The summed E-state index contributed by atoms with van der Waals surface area (Å²) in [7, 11) is -7.88. The summed E-state index contributed by atoms with van der Waals surface area (Å²) in [5, 5.41) is 3.09. The predicted molar refractivity (Wildman–Crippen MR) is 146 cm³/mol. The van der Waals surface area contributed by atoms with Gasteiger partial charge in [-0.25, -0.2) is 26.8 Å². The van der Waals surface area contributed by atoms with Crippen molar-refractivity contribution in [3.05, 3.63) is 77.3 Å². The first kappa shape index (κ1) is 26.3. The Morgan fingerprint density at radius 3 is 2.16 bits per heavy atom. The summed E-state index contributed by atoms with van der Waals surface area (Å²) < 4.78 is 61.9. The monoisotopic (exact) mass is 573 g/mol. The van der Waals surface area contributed by atoms with E-state index in [1.54, 1.807) is 42.5 Å². The second-order valence-corrected chi connectivity index (χ2v) is 12.6. The smallest absolute Gasteiger partial charge is 0.263 e. The summed E-state index contributed by atoms with van der Waals surface area (Å²) in [6, 6.07) is 17.8. The molecule has 1 aliphatic heterocycles. The molecule has 0 atom stereocenters. The van der Waals surface area contributed by atoms with E-state index in [4.69, 9.17) is 16.3 Å². The van der Waals surface area contributed by atoms with Gasteiger partial charge in [-0.3, -0.25) is 4.72 Å². The zero-order valence-corrected chi connectivity index (χ0v) is 22.6. The van der Waals surface area contributed by atoms with Crippen molar-refractivity contribution in [2.75, 3.05) is 36.3 Å². The molecule has 1 saturated heterocycles. The second-order valence-electron chi connectivity index (χ2n) is 8.61. The number of ether oxygens (including phenoxy) is 1. The summed E-state index contributed by atoms with van der Waals surface area (Å²) in [6.45, 7) is 2.90. The van der Waals surface area contributed by atoms with E-state index in [2.05, 4.69) is 20.0 Å². The molecule has 0 saturated carbocycles. The van der Waals surface area contributed by atoms with E-state index in [1.807, 2.05) is 6.92 Å². The lowest BCUT2D eigenvalue weighted by molar-refractivity contribution is 0.0730. The average Bonchev–Trinajstić information content (AvgIpc) is 2.90. The molecule has 0 radical (unpaired) electrons. The lowest BCUT2D eigenvalue weighted by atomic mass is 10.2. The number of halogens is 1. The zero-order chi connectivity index (χ0) is 26.9. The van der Waals surface area contributed by atoms with E-state index in [-0.39, 0.29) is 39.5 Å². The number of morpholine rings is 1. The van der Waals surface area contributed by atoms with Gasteiger partial charge in [-0.1, -0.05) is 41.4 Å². The van der Waals surface area contributed by atoms with E-state index in [1.165, 1.54) is 28.6 Å². The van der Waals surface area contributed by atoms with Crippen LogP contribution < -0.4 is 10.0 Å². The summed E-state index contributed by atoms with van der Waals surface area (Å²) in [5.41, 5.74) is 2.25. The fourth-order valence-electron chi connectivity index (χ4n) is 3.90. The molecule has 0 spiro atoms. The first-order chi connectivity index (χ1) is 18.1. The zero-order valence-electron chi connectivity index (χ0n) is 20.3. The third-order valence-corrected chi connectivity index (χ3v) is 9.65. The highest BCUT2D eigenvalue weighted by Crippen LogP contribution is 2.32. The number of para-hydroxylation sites is 2. The summed E-state index contributed by atoms with van der Waals surface area (Å²) >= 11 is 6.29. The van der Waals surface area contributed by atoms with Crippen LogP contribution in [0.4, 0.5) is 17.3 Å². The molecule has 198 valence electrons. The van der Waals surface area contributed by atoms with Crippen LogP contribution >= 0.6 is 11.6 Å². The molecule has 0 aliphatic carbocycles. The molecule has 3 aromatic carbocycles. The van der Waals surface area contributed by atoms with Crippen LogP contribution in [0.5, 0.6) is 0 Å². The number of nitrogens with zero attached hydrogens (tertiary/aromatic N) is 3. The maximum Gasteiger partial charge on any atom is 0.263 e. The number of aryl methyl sites for hydroxylation is 1. The van der Waals surface area contributed by atoms with Crippen molar-refractivity contribution in [2.24, 2.45) is 0 Å². The maximum atomic E-state index is 13.3. The van der Waals surface area contributed by atoms with Crippen LogP contribution in [0.15, 0.2) is 76.5 Å². The highest BCUT2D eigenvalue weighted by Gasteiger charge is 2.29. The maximum absolute atomic E-state index is 13.3. The minimum absolute atomic E-state index is 0.0446. The molecule has 0 unspecified atom stereocenters. The number of hydrogen-bond acceptors (Lipinski definition) is 8. The van der Waals surface area contributed by atoms with Crippen molar-refractivity contribution in [3.63, 3.8) is 0 Å². The highest BCUT2D eigenvalue weighted by atomic mass is 35.5. The fourth-order valence-corrected chi connectivity index (χ4v) is 6.82. The molecule has 0 amide bonds. The molecule has 1 aromatic heterocycles. The number of fused-ring (bicyclic) bond motifs is 1. The van der Waals surface area contributed by atoms with Gasteiger partial charge in [0, 0.05) is 18.8 Å². The molecule has 2 heterocycles. The molecule has 1 aliphatic rings. The van der Waals surface area contributed by atoms with E-state index >= 15 is 0 Å². The fraction of sp³-hybridized carbons (Fsp3) is 0.200. The van der Waals surface area contributed by atoms with Crippen LogP contribution in [-0.4, -0.2) is 57.4 Å². The summed E-state index contributed by atoms with van der Waals surface area (Å²) in [4.78, 5) is 9.02. The predicted octanol–water partition coefficient (Wildman–Crippen LogP) is 4.16. The minimum atomic E-state index is -3.99. The van der Waals surface area contributed by atoms with Crippen LogP contribution in [0.25, 0.3) is 11.0 Å². The SMILES string of the molecule is Cc1ccc(S(=O)(=O)Nc2nc3ccccc3nc2Nc2ccc(Cl)c(S(=O)(=O)N3CCOCC3)c2)cc1. The molecule has 5 rings (SSSR count). The normalized spacial score (nSPS) is 14.9. The first-order valence-corrected chi connectivity index (χ1v) is 14.9. The van der Waals surface area contributed by atoms with E-state index in [0.29, 0.717) is 29.9 Å². The van der Waals surface area contributed by atoms with Crippen LogP contribution in [-0.2, 0) is 24.8 Å². The van der Waals surface area contributed by atoms with Crippen molar-refractivity contribution in [1.29, 1.82) is 0 Å². The Balaban J connectivity index is 1.53. The van der Waals surface area contributed by atoms with Gasteiger partial charge in [0.2, 0.25) is 10.0 Å². The molecule has 10 nitrogen and oxygen atoms in total. The van der Waals surface area contributed by atoms with Gasteiger partial charge in [-0.05, 0) is 49.4 Å². The number of rotatable bonds is 7. The van der Waals surface area contributed by atoms with Gasteiger partial charge in [0.1, 0.15) is 4.90 Å². The third kappa shape index (κ3) is 5.45. The van der Waals surface area contributed by atoms with Gasteiger partial charge < -0.3 is 10.1 Å². The van der Waals surface area contributed by atoms with Crippen molar-refractivity contribution in [1.82, 2.24) is 14.3 Å². The Hall–Kier alpha value is -3.29. The number of aromatic nitrogens is 2. The number of nitrogens with one attached hydrogen (secondary N) is 2. The molecular weight excluding hydrogens is 550 g/mol. The van der Waals surface area contributed by atoms with Crippen LogP contribution in [0, 0.1) is 6.92 Å². The topological polar surface area (TPSA) is 131 Å². The van der Waals surface area contributed by atoms with E-state index in [9.17, 15) is 16.8 Å². The van der Waals surface area contributed by atoms with Gasteiger partial charge in [-0.2, -0.15) is 4.31 Å². The summed E-state index contributed by atoms with van der Waals surface area (Å²) in [5.74, 6) is 0.0493. The molecular formula is C25H24ClN5O5S2. The molecule has 13 heteroatoms. The number of hydrogen-bond donors (Lipinski definition) is 2. The second kappa shape index (κ2) is 10.5. The number of benzene rings is 3. The van der Waals surface area contributed by atoms with Gasteiger partial charge >= 0.3 is 0 Å². The van der Waals surface area contributed by atoms with Crippen LogP contribution in [0.1, 0.15) is 5.56 Å². The molecule has 38 heavy (non-hydrogen) atoms. The first-order valence-electron chi connectivity index (χ1n) is 11.6. The largest absolute Gasteiger partial charge is 0.379 e. The van der Waals surface area contributed by atoms with Gasteiger partial charge in [0.15, 0.2) is 11.6 Å². The summed E-state index contributed by atoms with van der Waals surface area (Å²) in [6.07, 6.45) is 0. The van der Waals surface area contributed by atoms with Crippen molar-refractivity contribution in [2.45, 2.75) is 16.7 Å². The Bertz CT molecular complexity index is 1710. The molecule has 0 bridgehead atoms. The molecule has 2 N–H and O–H groups in total. The van der Waals surface area contributed by atoms with Crippen LogP contribution in [0.3, 0.4) is 0 Å². The average molecular weight is 574 g/mol. The quantitative estimate of drug-likeness (QED) is 0.337. The molecule has 4 aromatic rings. The Labute approximate surface area is 225 Å². The van der Waals surface area contributed by atoms with Crippen molar-refractivity contribution >= 4 is 60.0 Å².